The van der Waals surface area contributed by atoms with Crippen LogP contribution >= 0.6 is 11.3 Å². The Bertz CT molecular complexity index is 371. The molecule has 0 aliphatic carbocycles. The fourth-order valence-corrected chi connectivity index (χ4v) is 2.46. The van der Waals surface area contributed by atoms with Crippen LogP contribution in [0.15, 0.2) is 11.4 Å². The van der Waals surface area contributed by atoms with E-state index in [4.69, 9.17) is 5.11 Å². The Morgan fingerprint density at radius 1 is 1.56 bits per heavy atom. The Kier molecular flexibility index (Phi) is 4.10. The lowest BCUT2D eigenvalue weighted by atomic mass is 9.98. The normalized spacial score (nSPS) is 12.1. The zero-order valence-corrected chi connectivity index (χ0v) is 11.1. The van der Waals surface area contributed by atoms with Crippen LogP contribution in [0.25, 0.3) is 0 Å². The molecule has 4 heteroatoms. The lowest BCUT2D eigenvalue weighted by molar-refractivity contribution is -0.139. The summed E-state index contributed by atoms with van der Waals surface area (Å²) in [6, 6.07) is 2.10. The molecule has 0 radical (unpaired) electrons. The molecule has 1 rings (SSSR count). The smallest absolute Gasteiger partial charge is 0.305 e. The summed E-state index contributed by atoms with van der Waals surface area (Å²) in [5, 5.41) is 10.9. The third-order valence-electron chi connectivity index (χ3n) is 2.97. The third kappa shape index (κ3) is 3.32. The van der Waals surface area contributed by atoms with Gasteiger partial charge in [-0.1, -0.05) is 0 Å². The summed E-state index contributed by atoms with van der Waals surface area (Å²) in [4.78, 5) is 14.2. The van der Waals surface area contributed by atoms with E-state index in [0.717, 1.165) is 6.54 Å². The zero-order valence-electron chi connectivity index (χ0n) is 10.3. The minimum Gasteiger partial charge on any atom is -0.481 e. The van der Waals surface area contributed by atoms with Gasteiger partial charge in [-0.2, -0.15) is 0 Å². The number of aliphatic carboxylic acids is 1. The van der Waals surface area contributed by atoms with Gasteiger partial charge in [-0.25, -0.2) is 0 Å². The van der Waals surface area contributed by atoms with Crippen molar-refractivity contribution in [3.05, 3.63) is 21.9 Å². The first-order valence-electron chi connectivity index (χ1n) is 5.29. The average Bonchev–Trinajstić information content (AvgIpc) is 2.49. The molecule has 0 amide bonds. The number of nitrogens with zero attached hydrogens (tertiary/aromatic N) is 1. The molecule has 0 aliphatic heterocycles. The minimum atomic E-state index is -0.750. The molecule has 3 nitrogen and oxygen atoms in total. The van der Waals surface area contributed by atoms with E-state index in [1.54, 1.807) is 11.3 Å². The molecular formula is C12H19NO2S. The predicted octanol–water partition coefficient (Wildman–Crippen LogP) is 2.74. The summed E-state index contributed by atoms with van der Waals surface area (Å²) in [5.41, 5.74) is 0.963. The summed E-state index contributed by atoms with van der Waals surface area (Å²) in [6.07, 6.45) is 0.161. The predicted molar refractivity (Wildman–Crippen MR) is 66.9 cm³/mol. The van der Waals surface area contributed by atoms with E-state index in [1.807, 2.05) is 20.9 Å². The summed E-state index contributed by atoms with van der Waals surface area (Å²) in [6.45, 7) is 6.82. The second-order valence-corrected chi connectivity index (χ2v) is 5.77. The molecule has 0 aromatic carbocycles. The lowest BCUT2D eigenvalue weighted by Gasteiger charge is -2.34. The lowest BCUT2D eigenvalue weighted by Crippen LogP contribution is -2.42. The molecule has 0 aliphatic rings. The molecule has 0 saturated heterocycles. The molecule has 1 heterocycles. The summed E-state index contributed by atoms with van der Waals surface area (Å²) < 4.78 is 0. The van der Waals surface area contributed by atoms with Crippen molar-refractivity contribution < 1.29 is 9.90 Å². The Morgan fingerprint density at radius 2 is 2.19 bits per heavy atom. The van der Waals surface area contributed by atoms with Crippen molar-refractivity contribution in [2.45, 2.75) is 39.3 Å². The van der Waals surface area contributed by atoms with Gasteiger partial charge in [-0.05, 0) is 44.8 Å². The van der Waals surface area contributed by atoms with Crippen molar-refractivity contribution in [1.29, 1.82) is 0 Å². The second kappa shape index (κ2) is 4.97. The van der Waals surface area contributed by atoms with Crippen LogP contribution in [-0.4, -0.2) is 28.6 Å². The SMILES string of the molecule is Cc1ccsc1CN(C)C(C)(C)CC(=O)O. The topological polar surface area (TPSA) is 40.5 Å². The highest BCUT2D eigenvalue weighted by molar-refractivity contribution is 7.10. The largest absolute Gasteiger partial charge is 0.481 e. The molecule has 0 bridgehead atoms. The van der Waals surface area contributed by atoms with Crippen LogP contribution < -0.4 is 0 Å². The molecule has 1 aromatic heterocycles. The highest BCUT2D eigenvalue weighted by Gasteiger charge is 2.27. The minimum absolute atomic E-state index is 0.161. The zero-order chi connectivity index (χ0) is 12.3. The summed E-state index contributed by atoms with van der Waals surface area (Å²) in [5.74, 6) is -0.750. The molecule has 90 valence electrons. The quantitative estimate of drug-likeness (QED) is 0.861. The van der Waals surface area contributed by atoms with E-state index >= 15 is 0 Å². The monoisotopic (exact) mass is 241 g/mol. The van der Waals surface area contributed by atoms with Crippen molar-refractivity contribution in [2.24, 2.45) is 0 Å². The maximum atomic E-state index is 10.8. The van der Waals surface area contributed by atoms with Crippen LogP contribution in [0, 0.1) is 6.92 Å². The number of hydrogen-bond donors (Lipinski definition) is 1. The van der Waals surface area contributed by atoms with Crippen molar-refractivity contribution in [1.82, 2.24) is 4.90 Å². The molecule has 1 aromatic rings. The maximum absolute atomic E-state index is 10.8. The number of rotatable bonds is 5. The van der Waals surface area contributed by atoms with Crippen molar-refractivity contribution in [3.8, 4) is 0 Å². The van der Waals surface area contributed by atoms with Crippen molar-refractivity contribution in [3.63, 3.8) is 0 Å². The Morgan fingerprint density at radius 3 is 2.62 bits per heavy atom. The fourth-order valence-electron chi connectivity index (χ4n) is 1.50. The number of aryl methyl sites for hydroxylation is 1. The molecule has 0 unspecified atom stereocenters. The second-order valence-electron chi connectivity index (χ2n) is 4.77. The Balaban J connectivity index is 2.68. The number of carbonyl (C=O) groups is 1. The highest BCUT2D eigenvalue weighted by atomic mass is 32.1. The van der Waals surface area contributed by atoms with Gasteiger partial charge in [0.25, 0.3) is 0 Å². The van der Waals surface area contributed by atoms with Crippen LogP contribution in [0.4, 0.5) is 0 Å². The van der Waals surface area contributed by atoms with E-state index in [2.05, 4.69) is 23.3 Å². The molecule has 0 atom stereocenters. The van der Waals surface area contributed by atoms with E-state index in [9.17, 15) is 4.79 Å². The fraction of sp³-hybridized carbons (Fsp3) is 0.583. The third-order valence-corrected chi connectivity index (χ3v) is 3.97. The van der Waals surface area contributed by atoms with Gasteiger partial charge in [-0.3, -0.25) is 9.69 Å². The van der Waals surface area contributed by atoms with Crippen LogP contribution in [0.3, 0.4) is 0 Å². The number of carboxylic acid groups (broad SMARTS) is 1. The average molecular weight is 241 g/mol. The first-order valence-corrected chi connectivity index (χ1v) is 6.17. The molecule has 1 N–H and O–H groups in total. The van der Waals surface area contributed by atoms with E-state index < -0.39 is 5.97 Å². The van der Waals surface area contributed by atoms with Crippen LogP contribution in [0.1, 0.15) is 30.7 Å². The molecule has 0 fully saturated rings. The van der Waals surface area contributed by atoms with Crippen LogP contribution in [0.5, 0.6) is 0 Å². The number of hydrogen-bond acceptors (Lipinski definition) is 3. The van der Waals surface area contributed by atoms with Crippen molar-refractivity contribution >= 4 is 17.3 Å². The van der Waals surface area contributed by atoms with Crippen LogP contribution in [0.2, 0.25) is 0 Å². The van der Waals surface area contributed by atoms with Gasteiger partial charge < -0.3 is 5.11 Å². The van der Waals surface area contributed by atoms with Gasteiger partial charge in [0, 0.05) is 17.0 Å². The van der Waals surface area contributed by atoms with Gasteiger partial charge in [0.15, 0.2) is 0 Å². The summed E-state index contributed by atoms with van der Waals surface area (Å²) >= 11 is 1.72. The highest BCUT2D eigenvalue weighted by Crippen LogP contribution is 2.23. The van der Waals surface area contributed by atoms with E-state index in [0.29, 0.717) is 0 Å². The molecule has 16 heavy (non-hydrogen) atoms. The van der Waals surface area contributed by atoms with E-state index in [-0.39, 0.29) is 12.0 Å². The molecular weight excluding hydrogens is 222 g/mol. The first-order chi connectivity index (χ1) is 7.33. The first kappa shape index (κ1) is 13.2. The van der Waals surface area contributed by atoms with E-state index in [1.165, 1.54) is 10.4 Å². The Hall–Kier alpha value is -0.870. The molecule has 0 spiro atoms. The van der Waals surface area contributed by atoms with Gasteiger partial charge in [0.1, 0.15) is 0 Å². The maximum Gasteiger partial charge on any atom is 0.305 e. The number of carboxylic acids is 1. The number of thiophene rings is 1. The summed E-state index contributed by atoms with van der Waals surface area (Å²) in [7, 11) is 1.97. The Labute approximate surface area is 101 Å². The standard InChI is InChI=1S/C12H19NO2S/c1-9-5-6-16-10(9)8-13(4)12(2,3)7-11(14)15/h5-6H,7-8H2,1-4H3,(H,14,15). The van der Waals surface area contributed by atoms with Gasteiger partial charge in [-0.15, -0.1) is 11.3 Å². The van der Waals surface area contributed by atoms with Gasteiger partial charge in [0.2, 0.25) is 0 Å². The van der Waals surface area contributed by atoms with Crippen LogP contribution in [-0.2, 0) is 11.3 Å². The van der Waals surface area contributed by atoms with Crippen molar-refractivity contribution in [2.75, 3.05) is 7.05 Å². The van der Waals surface area contributed by atoms with Gasteiger partial charge >= 0.3 is 5.97 Å². The molecule has 0 saturated carbocycles. The van der Waals surface area contributed by atoms with Gasteiger partial charge in [0.05, 0.1) is 6.42 Å².